The predicted molar refractivity (Wildman–Crippen MR) is 66.8 cm³/mol. The summed E-state index contributed by atoms with van der Waals surface area (Å²) >= 11 is 0. The molecule has 0 radical (unpaired) electrons. The molecule has 1 aliphatic rings. The number of nitrogens with one attached hydrogen (secondary N) is 1. The van der Waals surface area contributed by atoms with Crippen LogP contribution in [0.4, 0.5) is 0 Å². The Morgan fingerprint density at radius 1 is 1.13 bits per heavy atom. The Kier molecular flexibility index (Phi) is 5.62. The lowest BCUT2D eigenvalue weighted by molar-refractivity contribution is 0.300. The molecule has 1 aliphatic carbocycles. The van der Waals surface area contributed by atoms with Crippen molar-refractivity contribution < 1.29 is 0 Å². The van der Waals surface area contributed by atoms with Crippen molar-refractivity contribution in [3.63, 3.8) is 0 Å². The van der Waals surface area contributed by atoms with E-state index in [1.165, 1.54) is 38.8 Å². The van der Waals surface area contributed by atoms with Crippen LogP contribution >= 0.6 is 0 Å². The summed E-state index contributed by atoms with van der Waals surface area (Å²) in [6.07, 6.45) is 5.10. The summed E-state index contributed by atoms with van der Waals surface area (Å²) in [6, 6.07) is 0.482. The largest absolute Gasteiger partial charge is 0.328 e. The van der Waals surface area contributed by atoms with E-state index in [2.05, 4.69) is 26.1 Å². The summed E-state index contributed by atoms with van der Waals surface area (Å²) in [5, 5.41) is 3.61. The van der Waals surface area contributed by atoms with Crippen molar-refractivity contribution in [3.05, 3.63) is 0 Å². The Hall–Kier alpha value is -0.0800. The van der Waals surface area contributed by atoms with Gasteiger partial charge in [-0.25, -0.2) is 0 Å². The highest BCUT2D eigenvalue weighted by molar-refractivity contribution is 4.76. The van der Waals surface area contributed by atoms with Crippen LogP contribution in [0.1, 0.15) is 46.5 Å². The summed E-state index contributed by atoms with van der Waals surface area (Å²) in [4.78, 5) is 0. The van der Waals surface area contributed by atoms with E-state index in [0.717, 1.165) is 17.8 Å². The first kappa shape index (κ1) is 13.0. The summed E-state index contributed by atoms with van der Waals surface area (Å²) in [5.41, 5.74) is 5.89. The van der Waals surface area contributed by atoms with Crippen LogP contribution in [0.5, 0.6) is 0 Å². The molecule has 0 bridgehead atoms. The fourth-order valence-electron chi connectivity index (χ4n) is 2.14. The molecule has 3 N–H and O–H groups in total. The summed E-state index contributed by atoms with van der Waals surface area (Å²) in [6.45, 7) is 9.29. The number of nitrogens with two attached hydrogens (primary N) is 1. The van der Waals surface area contributed by atoms with Crippen molar-refractivity contribution >= 4 is 0 Å². The van der Waals surface area contributed by atoms with E-state index in [1.807, 2.05) is 0 Å². The fourth-order valence-corrected chi connectivity index (χ4v) is 2.14. The van der Waals surface area contributed by atoms with Gasteiger partial charge in [-0.1, -0.05) is 20.8 Å². The molecule has 0 heterocycles. The minimum Gasteiger partial charge on any atom is -0.328 e. The van der Waals surface area contributed by atoms with Gasteiger partial charge in [0, 0.05) is 6.04 Å². The van der Waals surface area contributed by atoms with Gasteiger partial charge in [-0.3, -0.25) is 0 Å². The van der Waals surface area contributed by atoms with Crippen molar-refractivity contribution in [2.75, 3.05) is 13.1 Å². The minimum absolute atomic E-state index is 0.482. The maximum absolute atomic E-state index is 5.89. The van der Waals surface area contributed by atoms with Gasteiger partial charge in [-0.2, -0.15) is 0 Å². The molecule has 0 aromatic heterocycles. The second-order valence-corrected chi connectivity index (χ2v) is 5.66. The standard InChI is InChI=1S/C13H28N2/c1-10(2)11(3)8-15-9-12-4-6-13(14)7-5-12/h10-13,15H,4-9,14H2,1-3H3. The Labute approximate surface area is 95.0 Å². The van der Waals surface area contributed by atoms with Gasteiger partial charge in [0.1, 0.15) is 0 Å². The molecule has 0 spiro atoms. The summed E-state index contributed by atoms with van der Waals surface area (Å²) in [5.74, 6) is 2.46. The van der Waals surface area contributed by atoms with Crippen molar-refractivity contribution in [3.8, 4) is 0 Å². The first-order valence-corrected chi connectivity index (χ1v) is 6.56. The number of hydrogen-bond donors (Lipinski definition) is 2. The van der Waals surface area contributed by atoms with Crippen LogP contribution < -0.4 is 11.1 Å². The molecule has 0 aromatic carbocycles. The quantitative estimate of drug-likeness (QED) is 0.734. The maximum atomic E-state index is 5.89. The van der Waals surface area contributed by atoms with E-state index in [0.29, 0.717) is 6.04 Å². The first-order valence-electron chi connectivity index (χ1n) is 6.56. The molecular weight excluding hydrogens is 184 g/mol. The zero-order chi connectivity index (χ0) is 11.3. The maximum Gasteiger partial charge on any atom is 0.00390 e. The molecule has 0 amide bonds. The van der Waals surface area contributed by atoms with E-state index in [9.17, 15) is 0 Å². The molecule has 1 saturated carbocycles. The van der Waals surface area contributed by atoms with Crippen LogP contribution in [0.15, 0.2) is 0 Å². The molecule has 2 nitrogen and oxygen atoms in total. The zero-order valence-electron chi connectivity index (χ0n) is 10.6. The minimum atomic E-state index is 0.482. The predicted octanol–water partition coefficient (Wildman–Crippen LogP) is 2.39. The van der Waals surface area contributed by atoms with Crippen LogP contribution in [-0.4, -0.2) is 19.1 Å². The Morgan fingerprint density at radius 2 is 1.73 bits per heavy atom. The average molecular weight is 212 g/mol. The number of hydrogen-bond acceptors (Lipinski definition) is 2. The molecule has 0 saturated heterocycles. The van der Waals surface area contributed by atoms with Gasteiger partial charge < -0.3 is 11.1 Å². The molecule has 1 atom stereocenters. The van der Waals surface area contributed by atoms with E-state index in [1.54, 1.807) is 0 Å². The molecular formula is C13H28N2. The monoisotopic (exact) mass is 212 g/mol. The Morgan fingerprint density at radius 3 is 2.27 bits per heavy atom. The van der Waals surface area contributed by atoms with Gasteiger partial charge in [0.15, 0.2) is 0 Å². The van der Waals surface area contributed by atoms with Crippen LogP contribution in [0.3, 0.4) is 0 Å². The lowest BCUT2D eigenvalue weighted by Gasteiger charge is -2.27. The van der Waals surface area contributed by atoms with Crippen LogP contribution in [0.2, 0.25) is 0 Å². The first-order chi connectivity index (χ1) is 7.09. The smallest absolute Gasteiger partial charge is 0.00390 e. The summed E-state index contributed by atoms with van der Waals surface area (Å²) < 4.78 is 0. The zero-order valence-corrected chi connectivity index (χ0v) is 10.6. The number of rotatable bonds is 5. The normalized spacial score (nSPS) is 29.4. The van der Waals surface area contributed by atoms with Gasteiger partial charge in [0.2, 0.25) is 0 Å². The van der Waals surface area contributed by atoms with Crippen molar-refractivity contribution in [1.29, 1.82) is 0 Å². The van der Waals surface area contributed by atoms with Crippen LogP contribution in [0.25, 0.3) is 0 Å². The van der Waals surface area contributed by atoms with Gasteiger partial charge in [0.05, 0.1) is 0 Å². The van der Waals surface area contributed by atoms with Gasteiger partial charge in [-0.05, 0) is 56.5 Å². The Balaban J connectivity index is 2.05. The third kappa shape index (κ3) is 4.98. The van der Waals surface area contributed by atoms with Crippen molar-refractivity contribution in [2.24, 2.45) is 23.5 Å². The van der Waals surface area contributed by atoms with E-state index in [-0.39, 0.29) is 0 Å². The topological polar surface area (TPSA) is 38.0 Å². The molecule has 2 heteroatoms. The van der Waals surface area contributed by atoms with Crippen molar-refractivity contribution in [2.45, 2.75) is 52.5 Å². The molecule has 1 unspecified atom stereocenters. The van der Waals surface area contributed by atoms with Gasteiger partial charge in [0.25, 0.3) is 0 Å². The second kappa shape index (κ2) is 6.49. The SMILES string of the molecule is CC(C)C(C)CNCC1CCC(N)CC1. The van der Waals surface area contributed by atoms with E-state index < -0.39 is 0 Å². The van der Waals surface area contributed by atoms with Crippen molar-refractivity contribution in [1.82, 2.24) is 5.32 Å². The van der Waals surface area contributed by atoms with Crippen LogP contribution in [-0.2, 0) is 0 Å². The molecule has 15 heavy (non-hydrogen) atoms. The average Bonchev–Trinajstić information content (AvgIpc) is 2.20. The van der Waals surface area contributed by atoms with E-state index in [4.69, 9.17) is 5.73 Å². The molecule has 1 fully saturated rings. The molecule has 90 valence electrons. The molecule has 0 aliphatic heterocycles. The fraction of sp³-hybridized carbons (Fsp3) is 1.00. The third-order valence-electron chi connectivity index (χ3n) is 3.93. The van der Waals surface area contributed by atoms with Crippen LogP contribution in [0, 0.1) is 17.8 Å². The van der Waals surface area contributed by atoms with Gasteiger partial charge in [-0.15, -0.1) is 0 Å². The lowest BCUT2D eigenvalue weighted by atomic mass is 9.86. The highest BCUT2D eigenvalue weighted by Gasteiger charge is 2.18. The van der Waals surface area contributed by atoms with Gasteiger partial charge >= 0.3 is 0 Å². The Bertz CT molecular complexity index is 160. The van der Waals surface area contributed by atoms with E-state index >= 15 is 0 Å². The molecule has 1 rings (SSSR count). The highest BCUT2D eigenvalue weighted by atomic mass is 14.9. The molecule has 0 aromatic rings. The lowest BCUT2D eigenvalue weighted by Crippen LogP contribution is -2.33. The third-order valence-corrected chi connectivity index (χ3v) is 3.93. The second-order valence-electron chi connectivity index (χ2n) is 5.66. The highest BCUT2D eigenvalue weighted by Crippen LogP contribution is 2.22. The summed E-state index contributed by atoms with van der Waals surface area (Å²) in [7, 11) is 0.